The van der Waals surface area contributed by atoms with Gasteiger partial charge in [-0.25, -0.2) is 0 Å². The molecule has 3 fully saturated rings. The second kappa shape index (κ2) is 6.96. The summed E-state index contributed by atoms with van der Waals surface area (Å²) in [7, 11) is 0. The van der Waals surface area contributed by atoms with Gasteiger partial charge in [0.2, 0.25) is 11.8 Å². The average molecular weight is 309 g/mol. The minimum atomic E-state index is -0.191. The molecule has 2 amide bonds. The molecule has 2 aliphatic heterocycles. The van der Waals surface area contributed by atoms with Crippen LogP contribution in [-0.4, -0.2) is 83.0 Å². The molecule has 3 aliphatic rings. The fourth-order valence-electron chi connectivity index (χ4n) is 3.98. The zero-order valence-electron chi connectivity index (χ0n) is 13.2. The maximum atomic E-state index is 12.3. The Labute approximate surface area is 132 Å². The fourth-order valence-corrected chi connectivity index (χ4v) is 3.98. The summed E-state index contributed by atoms with van der Waals surface area (Å²) in [6, 6.07) is 0.291. The minimum absolute atomic E-state index is 0.159. The lowest BCUT2D eigenvalue weighted by Crippen LogP contribution is -2.53. The highest BCUT2D eigenvalue weighted by Gasteiger charge is 2.33. The lowest BCUT2D eigenvalue weighted by molar-refractivity contribution is -0.134. The topological polar surface area (TPSA) is 64.1 Å². The lowest BCUT2D eigenvalue weighted by atomic mass is 10.1. The molecule has 2 atom stereocenters. The van der Waals surface area contributed by atoms with E-state index in [4.69, 9.17) is 0 Å². The second-order valence-electron chi connectivity index (χ2n) is 6.72. The van der Waals surface area contributed by atoms with Crippen molar-refractivity contribution >= 4 is 11.8 Å². The second-order valence-corrected chi connectivity index (χ2v) is 6.72. The molecule has 0 bridgehead atoms. The van der Waals surface area contributed by atoms with Gasteiger partial charge in [0.25, 0.3) is 0 Å². The van der Waals surface area contributed by atoms with E-state index in [9.17, 15) is 14.7 Å². The average Bonchev–Trinajstić information content (AvgIpc) is 3.13. The van der Waals surface area contributed by atoms with Crippen molar-refractivity contribution in [3.05, 3.63) is 0 Å². The van der Waals surface area contributed by atoms with Crippen LogP contribution in [0.5, 0.6) is 0 Å². The Morgan fingerprint density at radius 2 is 1.86 bits per heavy atom. The number of hydrogen-bond acceptors (Lipinski definition) is 4. The summed E-state index contributed by atoms with van der Waals surface area (Å²) in [6.07, 6.45) is 4.90. The number of rotatable bonds is 4. The van der Waals surface area contributed by atoms with Gasteiger partial charge in [-0.1, -0.05) is 0 Å². The first-order valence-corrected chi connectivity index (χ1v) is 8.63. The predicted molar refractivity (Wildman–Crippen MR) is 82.2 cm³/mol. The van der Waals surface area contributed by atoms with Crippen LogP contribution in [0.25, 0.3) is 0 Å². The number of piperazine rings is 1. The number of likely N-dealkylation sites (tertiary alicyclic amines) is 1. The number of carbonyl (C=O) groups is 2. The molecular formula is C16H27N3O3. The molecule has 0 unspecified atom stereocenters. The van der Waals surface area contributed by atoms with Gasteiger partial charge in [0.05, 0.1) is 6.10 Å². The van der Waals surface area contributed by atoms with Crippen LogP contribution >= 0.6 is 0 Å². The number of nitrogens with zero attached hydrogens (tertiary/aromatic N) is 3. The van der Waals surface area contributed by atoms with E-state index in [1.165, 1.54) is 0 Å². The fraction of sp³-hybridized carbons (Fsp3) is 0.875. The van der Waals surface area contributed by atoms with Crippen LogP contribution in [0.4, 0.5) is 0 Å². The Morgan fingerprint density at radius 3 is 2.45 bits per heavy atom. The van der Waals surface area contributed by atoms with E-state index in [-0.39, 0.29) is 17.9 Å². The standard InChI is InChI=1S/C16H27N3O3/c20-14-4-1-3-13(14)17-9-11-19(12-10-17)16(22)6-8-18-7-2-5-15(18)21/h13-14,20H,1-12H2/t13-,14-/m1/s1. The first-order valence-electron chi connectivity index (χ1n) is 8.63. The zero-order chi connectivity index (χ0) is 15.5. The first-order chi connectivity index (χ1) is 10.6. The SMILES string of the molecule is O=C1CCCN1CCC(=O)N1CCN([C@@H]2CCC[C@H]2O)CC1. The van der Waals surface area contributed by atoms with Gasteiger partial charge in [-0.2, -0.15) is 0 Å². The van der Waals surface area contributed by atoms with Crippen molar-refractivity contribution < 1.29 is 14.7 Å². The lowest BCUT2D eigenvalue weighted by Gasteiger charge is -2.39. The van der Waals surface area contributed by atoms with E-state index in [0.29, 0.717) is 25.4 Å². The molecule has 2 saturated heterocycles. The van der Waals surface area contributed by atoms with Crippen molar-refractivity contribution in [3.8, 4) is 0 Å². The summed E-state index contributed by atoms with van der Waals surface area (Å²) in [4.78, 5) is 29.9. The number of aliphatic hydroxyl groups excluding tert-OH is 1. The van der Waals surface area contributed by atoms with Gasteiger partial charge in [-0.15, -0.1) is 0 Å². The monoisotopic (exact) mass is 309 g/mol. The molecular weight excluding hydrogens is 282 g/mol. The smallest absolute Gasteiger partial charge is 0.224 e. The molecule has 1 N–H and O–H groups in total. The third kappa shape index (κ3) is 3.43. The molecule has 2 heterocycles. The Balaban J connectivity index is 1.41. The van der Waals surface area contributed by atoms with Crippen molar-refractivity contribution in [1.29, 1.82) is 0 Å². The third-order valence-corrected chi connectivity index (χ3v) is 5.35. The van der Waals surface area contributed by atoms with Crippen LogP contribution in [0.15, 0.2) is 0 Å². The normalized spacial score (nSPS) is 30.3. The van der Waals surface area contributed by atoms with Crippen LogP contribution in [-0.2, 0) is 9.59 Å². The van der Waals surface area contributed by atoms with Crippen molar-refractivity contribution in [2.45, 2.75) is 50.7 Å². The molecule has 1 saturated carbocycles. The third-order valence-electron chi connectivity index (χ3n) is 5.35. The number of aliphatic hydroxyl groups is 1. The minimum Gasteiger partial charge on any atom is -0.391 e. The number of amides is 2. The highest BCUT2D eigenvalue weighted by molar-refractivity contribution is 5.80. The van der Waals surface area contributed by atoms with E-state index in [2.05, 4.69) is 4.90 Å². The van der Waals surface area contributed by atoms with Crippen molar-refractivity contribution in [1.82, 2.24) is 14.7 Å². The molecule has 22 heavy (non-hydrogen) atoms. The molecule has 0 radical (unpaired) electrons. The van der Waals surface area contributed by atoms with Crippen LogP contribution in [0.1, 0.15) is 38.5 Å². The molecule has 124 valence electrons. The Morgan fingerprint density at radius 1 is 1.09 bits per heavy atom. The number of carbonyl (C=O) groups excluding carboxylic acids is 2. The van der Waals surface area contributed by atoms with Crippen LogP contribution in [0.3, 0.4) is 0 Å². The molecule has 3 rings (SSSR count). The molecule has 0 aromatic rings. The molecule has 6 heteroatoms. The Kier molecular flexibility index (Phi) is 4.98. The molecule has 1 aliphatic carbocycles. The van der Waals surface area contributed by atoms with Gasteiger partial charge >= 0.3 is 0 Å². The van der Waals surface area contributed by atoms with Gasteiger partial charge in [0.15, 0.2) is 0 Å². The van der Waals surface area contributed by atoms with E-state index in [1.54, 1.807) is 0 Å². The first kappa shape index (κ1) is 15.7. The predicted octanol–water partition coefficient (Wildman–Crippen LogP) is 0.0565. The summed E-state index contributed by atoms with van der Waals surface area (Å²) in [5, 5.41) is 9.99. The summed E-state index contributed by atoms with van der Waals surface area (Å²) in [5.74, 6) is 0.346. The van der Waals surface area contributed by atoms with Crippen LogP contribution in [0.2, 0.25) is 0 Å². The Hall–Kier alpha value is -1.14. The largest absolute Gasteiger partial charge is 0.391 e. The highest BCUT2D eigenvalue weighted by Crippen LogP contribution is 2.25. The van der Waals surface area contributed by atoms with Crippen LogP contribution in [0, 0.1) is 0 Å². The van der Waals surface area contributed by atoms with Gasteiger partial charge in [0, 0.05) is 58.2 Å². The number of hydrogen-bond donors (Lipinski definition) is 1. The van der Waals surface area contributed by atoms with Crippen molar-refractivity contribution in [2.75, 3.05) is 39.3 Å². The van der Waals surface area contributed by atoms with Gasteiger partial charge in [-0.3, -0.25) is 14.5 Å². The molecule has 0 aromatic heterocycles. The van der Waals surface area contributed by atoms with E-state index in [1.807, 2.05) is 9.80 Å². The summed E-state index contributed by atoms with van der Waals surface area (Å²) >= 11 is 0. The summed E-state index contributed by atoms with van der Waals surface area (Å²) in [5.41, 5.74) is 0. The van der Waals surface area contributed by atoms with E-state index < -0.39 is 0 Å². The van der Waals surface area contributed by atoms with E-state index >= 15 is 0 Å². The molecule has 0 aromatic carbocycles. The quantitative estimate of drug-likeness (QED) is 0.797. The van der Waals surface area contributed by atoms with Crippen LogP contribution < -0.4 is 0 Å². The molecule has 0 spiro atoms. The van der Waals surface area contributed by atoms with Gasteiger partial charge in [-0.05, 0) is 25.7 Å². The zero-order valence-corrected chi connectivity index (χ0v) is 13.2. The van der Waals surface area contributed by atoms with Crippen molar-refractivity contribution in [3.63, 3.8) is 0 Å². The highest BCUT2D eigenvalue weighted by atomic mass is 16.3. The van der Waals surface area contributed by atoms with Crippen molar-refractivity contribution in [2.24, 2.45) is 0 Å². The maximum Gasteiger partial charge on any atom is 0.224 e. The summed E-state index contributed by atoms with van der Waals surface area (Å²) in [6.45, 7) is 4.58. The Bertz CT molecular complexity index is 421. The van der Waals surface area contributed by atoms with Gasteiger partial charge < -0.3 is 14.9 Å². The van der Waals surface area contributed by atoms with Gasteiger partial charge in [0.1, 0.15) is 0 Å². The summed E-state index contributed by atoms with van der Waals surface area (Å²) < 4.78 is 0. The molecule has 6 nitrogen and oxygen atoms in total. The maximum absolute atomic E-state index is 12.3. The van der Waals surface area contributed by atoms with E-state index in [0.717, 1.165) is 58.4 Å².